The Morgan fingerprint density at radius 1 is 1.12 bits per heavy atom. The summed E-state index contributed by atoms with van der Waals surface area (Å²) in [5.41, 5.74) is 0.781. The van der Waals surface area contributed by atoms with Crippen LogP contribution in [0.25, 0.3) is 0 Å². The van der Waals surface area contributed by atoms with Gasteiger partial charge < -0.3 is 18.8 Å². The molecule has 0 radical (unpaired) electrons. The lowest BCUT2D eigenvalue weighted by Gasteiger charge is -2.42. The van der Waals surface area contributed by atoms with Crippen LogP contribution in [0.4, 0.5) is 4.79 Å². The van der Waals surface area contributed by atoms with Gasteiger partial charge in [-0.25, -0.2) is 9.59 Å². The van der Waals surface area contributed by atoms with Crippen molar-refractivity contribution in [3.8, 4) is 0 Å². The highest BCUT2D eigenvalue weighted by atomic mass is 32.2. The smallest absolute Gasteiger partial charge is 0.515 e. The molecule has 1 saturated heterocycles. The van der Waals surface area contributed by atoms with Gasteiger partial charge in [-0.15, -0.1) is 0 Å². The zero-order valence-electron chi connectivity index (χ0n) is 18.4. The maximum Gasteiger partial charge on any atom is 0.515 e. The van der Waals surface area contributed by atoms with Crippen LogP contribution < -0.4 is 0 Å². The van der Waals surface area contributed by atoms with E-state index >= 15 is 0 Å². The number of β-lactam (4-membered cyclic amide) rings is 1. The van der Waals surface area contributed by atoms with Gasteiger partial charge >= 0.3 is 12.1 Å². The Balaban J connectivity index is 1.51. The van der Waals surface area contributed by atoms with Crippen molar-refractivity contribution in [1.82, 2.24) is 4.90 Å². The van der Waals surface area contributed by atoms with Crippen molar-refractivity contribution in [2.75, 3.05) is 7.11 Å². The largest absolute Gasteiger partial charge is 0.607 e. The first-order valence-electron chi connectivity index (χ1n) is 10.7. The summed E-state index contributed by atoms with van der Waals surface area (Å²) < 4.78 is 28.5. The number of benzene rings is 2. The van der Waals surface area contributed by atoms with E-state index in [-0.39, 0.29) is 30.9 Å². The quantitative estimate of drug-likeness (QED) is 0.245. The van der Waals surface area contributed by atoms with Gasteiger partial charge in [0.25, 0.3) is 5.88 Å². The number of allylic oxidation sites excluding steroid dienone is 1. The van der Waals surface area contributed by atoms with Crippen molar-refractivity contribution in [1.29, 1.82) is 0 Å². The Morgan fingerprint density at radius 2 is 1.79 bits per heavy atom. The van der Waals surface area contributed by atoms with Crippen LogP contribution in [0.1, 0.15) is 18.4 Å². The van der Waals surface area contributed by atoms with E-state index in [9.17, 15) is 18.9 Å². The van der Waals surface area contributed by atoms with Crippen molar-refractivity contribution < 1.29 is 33.1 Å². The molecule has 9 heteroatoms. The fourth-order valence-corrected chi connectivity index (χ4v) is 5.22. The van der Waals surface area contributed by atoms with Gasteiger partial charge in [-0.05, 0) is 24.1 Å². The van der Waals surface area contributed by atoms with Crippen molar-refractivity contribution in [2.45, 2.75) is 30.4 Å². The highest BCUT2D eigenvalue weighted by Gasteiger charge is 2.57. The Bertz CT molecular complexity index is 1120. The molecule has 0 saturated carbocycles. The molecule has 1 fully saturated rings. The standard InChI is InChI=1S/C25H23NO7S/c1-31-22(27)14-8-13-19-20-15-21(34(30)18-11-6-3-7-12-18)24(26(20)23(19)28)33-25(29)32-16-17-9-4-2-5-10-17/h2-12,14,19-20H,13,15-16H2,1H3. The summed E-state index contributed by atoms with van der Waals surface area (Å²) in [7, 11) is 1.27. The lowest BCUT2D eigenvalue weighted by molar-refractivity contribution is -0.153. The summed E-state index contributed by atoms with van der Waals surface area (Å²) in [4.78, 5) is 38.9. The second kappa shape index (κ2) is 10.6. The van der Waals surface area contributed by atoms with Gasteiger partial charge in [0.15, 0.2) is 9.80 Å². The lowest BCUT2D eigenvalue weighted by Crippen LogP contribution is -2.57. The van der Waals surface area contributed by atoms with E-state index in [0.29, 0.717) is 16.2 Å². The van der Waals surface area contributed by atoms with E-state index in [1.807, 2.05) is 24.3 Å². The number of carbonyl (C=O) groups is 3. The van der Waals surface area contributed by atoms with Crippen molar-refractivity contribution in [3.05, 3.63) is 89.2 Å². The number of methoxy groups -OCH3 is 1. The monoisotopic (exact) mass is 481 g/mol. The molecule has 1 amide bonds. The molecule has 0 N–H and O–H groups in total. The minimum Gasteiger partial charge on any atom is -0.607 e. The van der Waals surface area contributed by atoms with Crippen LogP contribution in [0, 0.1) is 5.92 Å². The van der Waals surface area contributed by atoms with Crippen LogP contribution in [-0.2, 0) is 41.6 Å². The van der Waals surface area contributed by atoms with Crippen LogP contribution >= 0.6 is 0 Å². The first kappa shape index (κ1) is 23.6. The first-order valence-corrected chi connectivity index (χ1v) is 11.8. The third kappa shape index (κ3) is 5.00. The number of ether oxygens (including phenoxy) is 3. The predicted molar refractivity (Wildman–Crippen MR) is 122 cm³/mol. The van der Waals surface area contributed by atoms with Gasteiger partial charge in [-0.3, -0.25) is 9.69 Å². The van der Waals surface area contributed by atoms with E-state index in [1.54, 1.807) is 42.5 Å². The van der Waals surface area contributed by atoms with Crippen molar-refractivity contribution >= 4 is 29.2 Å². The lowest BCUT2D eigenvalue weighted by atomic mass is 9.85. The molecule has 2 aromatic carbocycles. The van der Waals surface area contributed by atoms with Gasteiger partial charge in [0.2, 0.25) is 5.91 Å². The maximum atomic E-state index is 13.3. The van der Waals surface area contributed by atoms with Gasteiger partial charge in [-0.1, -0.05) is 54.6 Å². The second-order valence-electron chi connectivity index (χ2n) is 7.68. The first-order chi connectivity index (χ1) is 16.5. The molecule has 2 aliphatic heterocycles. The molecule has 2 aliphatic rings. The van der Waals surface area contributed by atoms with Gasteiger partial charge in [0.1, 0.15) is 6.61 Å². The van der Waals surface area contributed by atoms with E-state index in [4.69, 9.17) is 9.47 Å². The van der Waals surface area contributed by atoms with E-state index in [0.717, 1.165) is 5.56 Å². The number of amides is 1. The van der Waals surface area contributed by atoms with Crippen molar-refractivity contribution in [3.63, 3.8) is 0 Å². The third-order valence-electron chi connectivity index (χ3n) is 5.61. The molecule has 176 valence electrons. The average Bonchev–Trinajstić information content (AvgIpc) is 3.20. The van der Waals surface area contributed by atoms with Crippen LogP contribution in [0.5, 0.6) is 0 Å². The van der Waals surface area contributed by atoms with Crippen LogP contribution in [0.15, 0.2) is 88.5 Å². The number of nitrogens with zero attached hydrogens (tertiary/aromatic N) is 1. The fourth-order valence-electron chi connectivity index (χ4n) is 3.91. The summed E-state index contributed by atoms with van der Waals surface area (Å²) in [5.74, 6) is -1.25. The number of hydrogen-bond donors (Lipinski definition) is 0. The molecular weight excluding hydrogens is 458 g/mol. The average molecular weight is 482 g/mol. The van der Waals surface area contributed by atoms with Crippen LogP contribution in [0.2, 0.25) is 0 Å². The van der Waals surface area contributed by atoms with Gasteiger partial charge in [0.05, 0.1) is 19.1 Å². The molecule has 34 heavy (non-hydrogen) atoms. The minimum absolute atomic E-state index is 0.00237. The molecule has 2 aromatic rings. The summed E-state index contributed by atoms with van der Waals surface area (Å²) in [5, 5.41) is 0. The van der Waals surface area contributed by atoms with Gasteiger partial charge in [-0.2, -0.15) is 0 Å². The fraction of sp³-hybridized carbons (Fsp3) is 0.240. The predicted octanol–water partition coefficient (Wildman–Crippen LogP) is 3.67. The molecule has 0 spiro atoms. The molecular formula is C25H23NO7S. The Morgan fingerprint density at radius 3 is 2.47 bits per heavy atom. The van der Waals surface area contributed by atoms with Crippen LogP contribution in [0.3, 0.4) is 0 Å². The molecule has 0 bridgehead atoms. The summed E-state index contributed by atoms with van der Waals surface area (Å²) in [6.07, 6.45) is 2.45. The number of rotatable bonds is 8. The Kier molecular flexibility index (Phi) is 7.34. The van der Waals surface area contributed by atoms with Crippen molar-refractivity contribution in [2.24, 2.45) is 5.92 Å². The zero-order chi connectivity index (χ0) is 24.1. The molecule has 8 nitrogen and oxygen atoms in total. The second-order valence-corrected chi connectivity index (χ2v) is 9.19. The Labute approximate surface area is 200 Å². The number of fused-ring (bicyclic) bond motifs is 1. The molecule has 0 aromatic heterocycles. The molecule has 4 rings (SSSR count). The summed E-state index contributed by atoms with van der Waals surface area (Å²) >= 11 is -1.63. The maximum absolute atomic E-state index is 13.3. The highest BCUT2D eigenvalue weighted by molar-refractivity contribution is 7.95. The van der Waals surface area contributed by atoms with E-state index in [2.05, 4.69) is 4.74 Å². The number of hydrogen-bond acceptors (Lipinski definition) is 7. The van der Waals surface area contributed by atoms with Crippen LogP contribution in [-0.4, -0.2) is 40.6 Å². The summed E-state index contributed by atoms with van der Waals surface area (Å²) in [6.45, 7) is 0.00237. The number of carbonyl (C=O) groups excluding carboxylic acids is 3. The topological polar surface area (TPSA) is 105 Å². The highest BCUT2D eigenvalue weighted by Crippen LogP contribution is 2.47. The van der Waals surface area contributed by atoms with Gasteiger partial charge in [0, 0.05) is 23.7 Å². The number of esters is 1. The normalized spacial score (nSPS) is 20.1. The molecule has 3 unspecified atom stereocenters. The third-order valence-corrected chi connectivity index (χ3v) is 7.10. The minimum atomic E-state index is -1.63. The van der Waals surface area contributed by atoms with E-state index in [1.165, 1.54) is 18.1 Å². The molecule has 3 atom stereocenters. The molecule has 0 aliphatic carbocycles. The van der Waals surface area contributed by atoms with E-state index < -0.39 is 29.2 Å². The summed E-state index contributed by atoms with van der Waals surface area (Å²) in [6, 6.07) is 17.5. The SMILES string of the molecule is COC(=O)C=CCC1C(=O)N2C(OC(=O)OCc3ccccc3)=C([S+]([O-])c3ccccc3)CC12. The zero-order valence-corrected chi connectivity index (χ0v) is 19.2. The molecule has 2 heterocycles. The Hall–Kier alpha value is -3.56.